The van der Waals surface area contributed by atoms with Crippen molar-refractivity contribution in [2.75, 3.05) is 51.3 Å². The van der Waals surface area contributed by atoms with Crippen LogP contribution in [0.4, 0.5) is 5.69 Å². The van der Waals surface area contributed by atoms with Crippen LogP contribution in [0.25, 0.3) is 0 Å². The van der Waals surface area contributed by atoms with Gasteiger partial charge in [-0.05, 0) is 12.1 Å². The number of aliphatic hydroxyl groups excluding tert-OH is 1. The first-order valence-electron chi connectivity index (χ1n) is 7.38. The van der Waals surface area contributed by atoms with E-state index in [2.05, 4.69) is 4.90 Å². The molecule has 2 N–H and O–H groups in total. The summed E-state index contributed by atoms with van der Waals surface area (Å²) in [6.07, 6.45) is -0.906. The number of nitrogens with one attached hydrogen (secondary N) is 1. The molecule has 24 heavy (non-hydrogen) atoms. The molecule has 8 nitrogen and oxygen atoms in total. The number of β-amino-alcohol motifs (C(OH)–C–C–N with tert-alkyl or cyclic N) is 1. The zero-order valence-electron chi connectivity index (χ0n) is 14.0. The van der Waals surface area contributed by atoms with Gasteiger partial charge in [0.25, 0.3) is 0 Å². The summed E-state index contributed by atoms with van der Waals surface area (Å²) >= 11 is 0. The summed E-state index contributed by atoms with van der Waals surface area (Å²) in [6, 6.07) is 7.81. The second kappa shape index (κ2) is 10.4. The zero-order valence-corrected chi connectivity index (χ0v) is 18.0. The molecular weight excluding hydrogens is 361 g/mol. The number of ether oxygens (including phenoxy) is 1. The van der Waals surface area contributed by atoms with Gasteiger partial charge in [-0.15, -0.1) is 0 Å². The fourth-order valence-corrected chi connectivity index (χ4v) is 3.02. The summed E-state index contributed by atoms with van der Waals surface area (Å²) in [5.41, 5.74) is 1.04. The number of methoxy groups -OCH3 is 1. The van der Waals surface area contributed by atoms with E-state index >= 15 is 0 Å². The average molecular weight is 384 g/mol. The molecule has 1 heterocycles. The second-order valence-corrected chi connectivity index (χ2v) is 6.61. The summed E-state index contributed by atoms with van der Waals surface area (Å²) < 4.78 is 38.6. The molecule has 1 aliphatic heterocycles. The molecule has 0 spiro atoms. The van der Waals surface area contributed by atoms with E-state index in [0.717, 1.165) is 37.6 Å². The largest absolute Gasteiger partial charge is 1.00 e. The Morgan fingerprint density at radius 2 is 1.92 bits per heavy atom. The number of piperazine rings is 1. The quantitative estimate of drug-likeness (QED) is 0.368. The van der Waals surface area contributed by atoms with Crippen molar-refractivity contribution in [1.82, 2.24) is 9.62 Å². The van der Waals surface area contributed by atoms with Crippen LogP contribution in [0.1, 0.15) is 0 Å². The molecule has 1 unspecified atom stereocenters. The van der Waals surface area contributed by atoms with Crippen LogP contribution in [0.2, 0.25) is 0 Å². The van der Waals surface area contributed by atoms with Gasteiger partial charge in [-0.1, -0.05) is 12.1 Å². The number of para-hydroxylation sites is 2. The summed E-state index contributed by atoms with van der Waals surface area (Å²) in [5, 5.41) is 9.79. The SMILES string of the molecule is COc1ccccc1N1CCN(CC(O)CNS(=O)(=O)[O-])CC1.[K+]. The van der Waals surface area contributed by atoms with Crippen molar-refractivity contribution in [2.45, 2.75) is 6.10 Å². The van der Waals surface area contributed by atoms with E-state index < -0.39 is 16.4 Å². The summed E-state index contributed by atoms with van der Waals surface area (Å²) in [4.78, 5) is 4.25. The minimum atomic E-state index is -4.51. The molecule has 2 rings (SSSR count). The Balaban J connectivity index is 0.00000288. The van der Waals surface area contributed by atoms with Crippen molar-refractivity contribution in [3.05, 3.63) is 24.3 Å². The predicted octanol–water partition coefficient (Wildman–Crippen LogP) is -3.77. The molecule has 0 aliphatic carbocycles. The first kappa shape index (κ1) is 22.3. The first-order valence-corrected chi connectivity index (χ1v) is 8.79. The maximum atomic E-state index is 10.5. The van der Waals surface area contributed by atoms with Crippen molar-refractivity contribution < 1.29 is 74.2 Å². The summed E-state index contributed by atoms with van der Waals surface area (Å²) in [6.45, 7) is 3.08. The fraction of sp³-hybridized carbons (Fsp3) is 0.571. The van der Waals surface area contributed by atoms with E-state index in [-0.39, 0.29) is 57.9 Å². The molecule has 0 amide bonds. The predicted molar refractivity (Wildman–Crippen MR) is 85.4 cm³/mol. The average Bonchev–Trinajstić information content (AvgIpc) is 2.53. The van der Waals surface area contributed by atoms with Crippen LogP contribution in [-0.4, -0.2) is 75.5 Å². The van der Waals surface area contributed by atoms with Gasteiger partial charge in [-0.3, -0.25) is 4.90 Å². The number of benzene rings is 1. The smallest absolute Gasteiger partial charge is 0.735 e. The van der Waals surface area contributed by atoms with Crippen LogP contribution in [-0.2, 0) is 10.3 Å². The van der Waals surface area contributed by atoms with Crippen LogP contribution < -0.4 is 65.7 Å². The molecule has 0 aromatic heterocycles. The van der Waals surface area contributed by atoms with Crippen molar-refractivity contribution in [3.8, 4) is 5.75 Å². The minimum absolute atomic E-state index is 0. The third kappa shape index (κ3) is 7.24. The van der Waals surface area contributed by atoms with E-state index in [0.29, 0.717) is 6.54 Å². The van der Waals surface area contributed by atoms with Gasteiger partial charge in [-0.2, -0.15) is 0 Å². The Labute approximate surface area is 185 Å². The topological polar surface area (TPSA) is 105 Å². The maximum Gasteiger partial charge on any atom is 1.00 e. The molecule has 130 valence electrons. The molecule has 0 saturated carbocycles. The molecule has 0 radical (unpaired) electrons. The normalized spacial score (nSPS) is 17.2. The Morgan fingerprint density at radius 1 is 1.29 bits per heavy atom. The van der Waals surface area contributed by atoms with Gasteiger partial charge < -0.3 is 19.3 Å². The van der Waals surface area contributed by atoms with E-state index in [4.69, 9.17) is 4.74 Å². The Bertz CT molecular complexity index is 608. The molecule has 0 bridgehead atoms. The van der Waals surface area contributed by atoms with Gasteiger partial charge in [0.2, 0.25) is 0 Å². The summed E-state index contributed by atoms with van der Waals surface area (Å²) in [5.74, 6) is 0.825. The Morgan fingerprint density at radius 3 is 2.50 bits per heavy atom. The standard InChI is InChI=1S/C14H23N3O5S.K/c1-22-14-5-3-2-4-13(14)17-8-6-16(7-9-17)11-12(18)10-15-23(19,20)21;/h2-5,12,15,18H,6-11H2,1H3,(H,19,20,21);/q;+1/p-1. The van der Waals surface area contributed by atoms with Gasteiger partial charge >= 0.3 is 51.4 Å². The molecule has 1 aromatic rings. The van der Waals surface area contributed by atoms with Crippen molar-refractivity contribution in [1.29, 1.82) is 0 Å². The molecule has 1 aliphatic rings. The Hall–Kier alpha value is 0.246. The second-order valence-electron chi connectivity index (χ2n) is 5.42. The van der Waals surface area contributed by atoms with Gasteiger partial charge in [0.05, 0.1) is 18.9 Å². The van der Waals surface area contributed by atoms with Crippen molar-refractivity contribution in [2.24, 2.45) is 0 Å². The number of nitrogens with zero attached hydrogens (tertiary/aromatic N) is 2. The van der Waals surface area contributed by atoms with Crippen LogP contribution in [0, 0.1) is 0 Å². The monoisotopic (exact) mass is 383 g/mol. The third-order valence-electron chi connectivity index (χ3n) is 3.76. The Kier molecular flexibility index (Phi) is 9.67. The van der Waals surface area contributed by atoms with Gasteiger partial charge in [0.1, 0.15) is 5.75 Å². The zero-order chi connectivity index (χ0) is 16.9. The molecule has 1 aromatic carbocycles. The van der Waals surface area contributed by atoms with E-state index in [1.54, 1.807) is 11.8 Å². The molecule has 1 atom stereocenters. The molecule has 1 saturated heterocycles. The van der Waals surface area contributed by atoms with Gasteiger partial charge in [0.15, 0.2) is 10.3 Å². The molecular formula is C14H22KN3O5S. The van der Waals surface area contributed by atoms with Crippen LogP contribution in [0.5, 0.6) is 5.75 Å². The van der Waals surface area contributed by atoms with E-state index in [9.17, 15) is 18.1 Å². The van der Waals surface area contributed by atoms with Crippen molar-refractivity contribution in [3.63, 3.8) is 0 Å². The van der Waals surface area contributed by atoms with E-state index in [1.165, 1.54) is 0 Å². The maximum absolute atomic E-state index is 10.5. The van der Waals surface area contributed by atoms with Crippen LogP contribution in [0.15, 0.2) is 24.3 Å². The summed E-state index contributed by atoms with van der Waals surface area (Å²) in [7, 11) is -2.87. The van der Waals surface area contributed by atoms with Crippen LogP contribution in [0.3, 0.4) is 0 Å². The van der Waals surface area contributed by atoms with Crippen LogP contribution >= 0.6 is 0 Å². The van der Waals surface area contributed by atoms with Gasteiger partial charge in [0, 0.05) is 39.3 Å². The van der Waals surface area contributed by atoms with Crippen molar-refractivity contribution >= 4 is 16.0 Å². The molecule has 1 fully saturated rings. The van der Waals surface area contributed by atoms with E-state index in [1.807, 2.05) is 29.2 Å². The number of rotatable bonds is 7. The third-order valence-corrected chi connectivity index (χ3v) is 4.28. The first-order chi connectivity index (χ1) is 10.9. The number of hydrogen-bond acceptors (Lipinski definition) is 7. The van der Waals surface area contributed by atoms with Gasteiger partial charge in [-0.25, -0.2) is 13.1 Å². The number of aliphatic hydroxyl groups is 1. The minimum Gasteiger partial charge on any atom is -0.735 e. The molecule has 10 heteroatoms. The fourth-order valence-electron chi connectivity index (χ4n) is 2.62. The number of hydrogen-bond donors (Lipinski definition) is 2. The number of anilines is 1.